The van der Waals surface area contributed by atoms with Gasteiger partial charge in [0.2, 0.25) is 0 Å². The summed E-state index contributed by atoms with van der Waals surface area (Å²) >= 11 is 0. The number of rotatable bonds is 5. The number of halogens is 1. The number of hydrogen-bond donors (Lipinski definition) is 1. The third-order valence-electron chi connectivity index (χ3n) is 6.25. The molecule has 1 N–H and O–H groups in total. The molecule has 0 aromatic heterocycles. The molecule has 0 amide bonds. The molecular weight excluding hydrogens is 475 g/mol. The Morgan fingerprint density at radius 1 is 1.03 bits per heavy atom. The monoisotopic (exact) mass is 510 g/mol. The van der Waals surface area contributed by atoms with Crippen LogP contribution in [0.25, 0.3) is 6.08 Å². The van der Waals surface area contributed by atoms with Gasteiger partial charge in [-0.15, -0.1) is 24.0 Å². The first-order valence-electron chi connectivity index (χ1n) is 10.7. The number of benzene rings is 1. The Morgan fingerprint density at radius 3 is 2.38 bits per heavy atom. The molecule has 4 heterocycles. The smallest absolute Gasteiger partial charge is 0.193 e. The van der Waals surface area contributed by atoms with Crippen molar-refractivity contribution in [3.8, 4) is 0 Å². The van der Waals surface area contributed by atoms with Crippen molar-refractivity contribution in [2.75, 3.05) is 79.0 Å². The van der Waals surface area contributed by atoms with Crippen molar-refractivity contribution < 1.29 is 0 Å². The van der Waals surface area contributed by atoms with Gasteiger partial charge in [-0.2, -0.15) is 0 Å². The first kappa shape index (κ1) is 22.5. The molecule has 0 spiro atoms. The van der Waals surface area contributed by atoms with Gasteiger partial charge in [-0.3, -0.25) is 19.7 Å². The summed E-state index contributed by atoms with van der Waals surface area (Å²) in [7, 11) is 1.91. The maximum absolute atomic E-state index is 4.55. The van der Waals surface area contributed by atoms with Crippen molar-refractivity contribution in [3.63, 3.8) is 0 Å². The number of fused-ring (bicyclic) bond motifs is 3. The molecule has 4 aliphatic heterocycles. The molecule has 160 valence electrons. The molecule has 0 radical (unpaired) electrons. The highest BCUT2D eigenvalue weighted by Gasteiger charge is 2.32. The van der Waals surface area contributed by atoms with Gasteiger partial charge in [0.1, 0.15) is 0 Å². The molecule has 5 rings (SSSR count). The Bertz CT molecular complexity index is 663. The summed E-state index contributed by atoms with van der Waals surface area (Å²) in [5.74, 6) is 1.07. The fraction of sp³-hybridized carbons (Fsp3) is 0.591. The van der Waals surface area contributed by atoms with Gasteiger partial charge in [0.05, 0.1) is 0 Å². The van der Waals surface area contributed by atoms with Crippen molar-refractivity contribution in [2.45, 2.75) is 6.04 Å². The van der Waals surface area contributed by atoms with Gasteiger partial charge in [0, 0.05) is 85.1 Å². The van der Waals surface area contributed by atoms with Crippen LogP contribution in [-0.4, -0.2) is 111 Å². The Morgan fingerprint density at radius 2 is 1.76 bits per heavy atom. The van der Waals surface area contributed by atoms with Crippen LogP contribution in [0.5, 0.6) is 0 Å². The van der Waals surface area contributed by atoms with Crippen molar-refractivity contribution in [1.82, 2.24) is 24.9 Å². The second-order valence-electron chi connectivity index (χ2n) is 8.02. The van der Waals surface area contributed by atoms with Crippen LogP contribution in [0, 0.1) is 0 Å². The molecule has 6 nitrogen and oxygen atoms in total. The van der Waals surface area contributed by atoms with Crippen molar-refractivity contribution in [2.24, 2.45) is 4.99 Å². The van der Waals surface area contributed by atoms with E-state index in [9.17, 15) is 0 Å². The molecule has 1 aromatic rings. The Hall–Kier alpha value is -1.16. The zero-order chi connectivity index (χ0) is 19.2. The maximum Gasteiger partial charge on any atom is 0.193 e. The third kappa shape index (κ3) is 6.16. The molecule has 4 fully saturated rings. The van der Waals surface area contributed by atoms with E-state index in [0.29, 0.717) is 6.04 Å². The van der Waals surface area contributed by atoms with Crippen molar-refractivity contribution >= 4 is 36.0 Å². The molecule has 4 saturated heterocycles. The first-order chi connectivity index (χ1) is 13.8. The van der Waals surface area contributed by atoms with Gasteiger partial charge < -0.3 is 10.2 Å². The molecule has 7 heteroatoms. The summed E-state index contributed by atoms with van der Waals surface area (Å²) in [5.41, 5.74) is 1.27. The van der Waals surface area contributed by atoms with Crippen LogP contribution in [0.4, 0.5) is 0 Å². The van der Waals surface area contributed by atoms with E-state index in [2.05, 4.69) is 72.4 Å². The number of aliphatic imine (C=N–C) groups is 1. The quantitative estimate of drug-likeness (QED) is 0.370. The van der Waals surface area contributed by atoms with E-state index in [1.54, 1.807) is 0 Å². The molecule has 4 aliphatic rings. The summed E-state index contributed by atoms with van der Waals surface area (Å²) in [6, 6.07) is 11.2. The molecular formula is C22H35IN6. The highest BCUT2D eigenvalue weighted by atomic mass is 127. The van der Waals surface area contributed by atoms with Crippen LogP contribution in [0.2, 0.25) is 0 Å². The molecule has 2 bridgehead atoms. The second-order valence-corrected chi connectivity index (χ2v) is 8.02. The van der Waals surface area contributed by atoms with Gasteiger partial charge in [0.25, 0.3) is 0 Å². The standard InChI is InChI=1S/C22H34N6.HI/c1-23-22(24-18-21-19-26-12-14-27(21)15-13-26)28-16-10-25(11-17-28)9-5-8-20-6-3-2-4-7-20;/h2-8,21H,9-19H2,1H3,(H,23,24);1H/b8-5+;. The summed E-state index contributed by atoms with van der Waals surface area (Å²) < 4.78 is 0. The summed E-state index contributed by atoms with van der Waals surface area (Å²) in [6.45, 7) is 12.4. The van der Waals surface area contributed by atoms with Crippen molar-refractivity contribution in [1.29, 1.82) is 0 Å². The predicted octanol–water partition coefficient (Wildman–Crippen LogP) is 1.51. The van der Waals surface area contributed by atoms with E-state index >= 15 is 0 Å². The van der Waals surface area contributed by atoms with E-state index in [4.69, 9.17) is 0 Å². The van der Waals surface area contributed by atoms with Crippen LogP contribution in [0.1, 0.15) is 5.56 Å². The van der Waals surface area contributed by atoms with Crippen LogP contribution in [0.3, 0.4) is 0 Å². The average Bonchev–Trinajstić information content (AvgIpc) is 2.77. The lowest BCUT2D eigenvalue weighted by molar-refractivity contribution is 0.0151. The van der Waals surface area contributed by atoms with Gasteiger partial charge >= 0.3 is 0 Å². The number of nitrogens with zero attached hydrogens (tertiary/aromatic N) is 5. The van der Waals surface area contributed by atoms with E-state index in [0.717, 1.165) is 45.2 Å². The lowest BCUT2D eigenvalue weighted by Gasteiger charge is -2.47. The molecule has 0 aliphatic carbocycles. The summed E-state index contributed by atoms with van der Waals surface area (Å²) in [5, 5.41) is 3.65. The van der Waals surface area contributed by atoms with Crippen LogP contribution in [0.15, 0.2) is 41.4 Å². The minimum atomic E-state index is 0. The lowest BCUT2D eigenvalue weighted by atomic mass is 10.1. The number of guanidine groups is 1. The second kappa shape index (κ2) is 11.3. The zero-order valence-corrected chi connectivity index (χ0v) is 19.9. The Balaban J connectivity index is 0.00000240. The minimum absolute atomic E-state index is 0. The Kier molecular flexibility index (Phi) is 8.77. The van der Waals surface area contributed by atoms with Crippen LogP contribution < -0.4 is 5.32 Å². The van der Waals surface area contributed by atoms with Gasteiger partial charge in [-0.05, 0) is 5.56 Å². The van der Waals surface area contributed by atoms with Gasteiger partial charge in [-0.25, -0.2) is 0 Å². The molecule has 1 unspecified atom stereocenters. The molecule has 0 saturated carbocycles. The first-order valence-corrected chi connectivity index (χ1v) is 10.7. The SMILES string of the molecule is CN=C(NCC1CN2CCN1CC2)N1CCN(C/C=C/c2ccccc2)CC1.I. The molecule has 1 atom stereocenters. The topological polar surface area (TPSA) is 37.4 Å². The van der Waals surface area contributed by atoms with Gasteiger partial charge in [0.15, 0.2) is 5.96 Å². The van der Waals surface area contributed by atoms with E-state index in [1.165, 1.54) is 38.3 Å². The fourth-order valence-electron chi connectivity index (χ4n) is 4.50. The Labute approximate surface area is 192 Å². The predicted molar refractivity (Wildman–Crippen MR) is 132 cm³/mol. The maximum atomic E-state index is 4.55. The zero-order valence-electron chi connectivity index (χ0n) is 17.5. The highest BCUT2D eigenvalue weighted by Crippen LogP contribution is 2.15. The lowest BCUT2D eigenvalue weighted by Crippen LogP contribution is -2.64. The fourth-order valence-corrected chi connectivity index (χ4v) is 4.50. The van der Waals surface area contributed by atoms with Crippen LogP contribution >= 0.6 is 24.0 Å². The summed E-state index contributed by atoms with van der Waals surface area (Å²) in [4.78, 5) is 14.7. The molecule has 1 aromatic carbocycles. The van der Waals surface area contributed by atoms with E-state index in [-0.39, 0.29) is 24.0 Å². The number of piperazine rings is 4. The van der Waals surface area contributed by atoms with Crippen LogP contribution in [-0.2, 0) is 0 Å². The highest BCUT2D eigenvalue weighted by molar-refractivity contribution is 14.0. The molecule has 29 heavy (non-hydrogen) atoms. The largest absolute Gasteiger partial charge is 0.355 e. The number of nitrogens with one attached hydrogen (secondary N) is 1. The van der Waals surface area contributed by atoms with Crippen molar-refractivity contribution in [3.05, 3.63) is 42.0 Å². The van der Waals surface area contributed by atoms with E-state index < -0.39 is 0 Å². The third-order valence-corrected chi connectivity index (χ3v) is 6.25. The normalized spacial score (nSPS) is 27.8. The average molecular weight is 510 g/mol. The van der Waals surface area contributed by atoms with E-state index in [1.807, 2.05) is 7.05 Å². The summed E-state index contributed by atoms with van der Waals surface area (Å²) in [6.07, 6.45) is 4.50. The minimum Gasteiger partial charge on any atom is -0.355 e. The van der Waals surface area contributed by atoms with Gasteiger partial charge in [-0.1, -0.05) is 42.5 Å². The number of hydrogen-bond acceptors (Lipinski definition) is 4.